The molecule has 88 valence electrons. The summed E-state index contributed by atoms with van der Waals surface area (Å²) in [6.45, 7) is 1.84. The second kappa shape index (κ2) is 5.44. The molecule has 0 saturated heterocycles. The molecule has 0 spiro atoms. The summed E-state index contributed by atoms with van der Waals surface area (Å²) >= 11 is 0. The number of carbonyl (C=O) groups is 3. The van der Waals surface area contributed by atoms with Crippen LogP contribution in [0.4, 0.5) is 0 Å². The lowest BCUT2D eigenvalue weighted by atomic mass is 9.99. The quantitative estimate of drug-likeness (QED) is 0.519. The van der Waals surface area contributed by atoms with Gasteiger partial charge in [0, 0.05) is 6.42 Å². The van der Waals surface area contributed by atoms with E-state index in [4.69, 9.17) is 4.74 Å². The monoisotopic (exact) mass is 226 g/mol. The lowest BCUT2D eigenvalue weighted by Crippen LogP contribution is -2.28. The lowest BCUT2D eigenvalue weighted by Gasteiger charge is -2.13. The Morgan fingerprint density at radius 3 is 2.50 bits per heavy atom. The van der Waals surface area contributed by atoms with Crippen molar-refractivity contribution in [1.29, 1.82) is 0 Å². The van der Waals surface area contributed by atoms with E-state index >= 15 is 0 Å². The molecule has 0 heterocycles. The Kier molecular flexibility index (Phi) is 4.22. The van der Waals surface area contributed by atoms with Gasteiger partial charge >= 0.3 is 11.9 Å². The summed E-state index contributed by atoms with van der Waals surface area (Å²) < 4.78 is 9.32. The second-order valence-corrected chi connectivity index (χ2v) is 3.39. The van der Waals surface area contributed by atoms with Gasteiger partial charge in [-0.1, -0.05) is 0 Å². The van der Waals surface area contributed by atoms with Gasteiger partial charge in [-0.25, -0.2) is 0 Å². The first kappa shape index (κ1) is 12.4. The number of ketones is 1. The number of hydrogen-bond donors (Lipinski definition) is 0. The lowest BCUT2D eigenvalue weighted by molar-refractivity contribution is -0.158. The van der Waals surface area contributed by atoms with Crippen LogP contribution >= 0.6 is 0 Å². The third kappa shape index (κ3) is 2.68. The third-order valence-electron chi connectivity index (χ3n) is 2.34. The number of esters is 2. The van der Waals surface area contributed by atoms with Crippen LogP contribution in [0.5, 0.6) is 0 Å². The summed E-state index contributed by atoms with van der Waals surface area (Å²) in [4.78, 5) is 34.1. The van der Waals surface area contributed by atoms with E-state index in [1.165, 1.54) is 13.2 Å². The molecule has 5 heteroatoms. The normalized spacial score (nSPS) is 16.6. The number of ether oxygens (including phenoxy) is 2. The molecule has 1 aliphatic rings. The van der Waals surface area contributed by atoms with E-state index in [2.05, 4.69) is 4.74 Å². The van der Waals surface area contributed by atoms with Gasteiger partial charge in [0.2, 0.25) is 0 Å². The molecule has 5 nitrogen and oxygen atoms in total. The summed E-state index contributed by atoms with van der Waals surface area (Å²) in [5.74, 6) is -2.50. The standard InChI is InChI=1S/C11H14O5/c1-3-16-11(14)9(10(13)15-2)7-4-5-8(12)6-7/h6,9H,3-5H2,1-2H3. The van der Waals surface area contributed by atoms with Crippen LogP contribution < -0.4 is 0 Å². The average molecular weight is 226 g/mol. The van der Waals surface area contributed by atoms with Gasteiger partial charge in [0.15, 0.2) is 11.7 Å². The molecule has 0 radical (unpaired) electrons. The smallest absolute Gasteiger partial charge is 0.324 e. The van der Waals surface area contributed by atoms with Crippen molar-refractivity contribution < 1.29 is 23.9 Å². The van der Waals surface area contributed by atoms with E-state index in [9.17, 15) is 14.4 Å². The Morgan fingerprint density at radius 1 is 1.38 bits per heavy atom. The number of carbonyl (C=O) groups excluding carboxylic acids is 3. The van der Waals surface area contributed by atoms with Crippen molar-refractivity contribution in [2.75, 3.05) is 13.7 Å². The summed E-state index contributed by atoms with van der Waals surface area (Å²) in [6, 6.07) is 0. The van der Waals surface area contributed by atoms with Gasteiger partial charge in [-0.2, -0.15) is 0 Å². The molecule has 0 saturated carbocycles. The molecule has 1 aliphatic carbocycles. The molecule has 0 bridgehead atoms. The van der Waals surface area contributed by atoms with E-state index in [1.807, 2.05) is 0 Å². The fourth-order valence-corrected chi connectivity index (χ4v) is 1.59. The molecule has 0 aromatic heterocycles. The maximum Gasteiger partial charge on any atom is 0.324 e. The van der Waals surface area contributed by atoms with Gasteiger partial charge in [-0.15, -0.1) is 0 Å². The average Bonchev–Trinajstić information content (AvgIpc) is 2.65. The van der Waals surface area contributed by atoms with E-state index in [0.29, 0.717) is 18.4 Å². The first-order valence-corrected chi connectivity index (χ1v) is 5.08. The minimum Gasteiger partial charge on any atom is -0.468 e. The molecule has 16 heavy (non-hydrogen) atoms. The first-order chi connectivity index (χ1) is 7.60. The SMILES string of the molecule is CCOC(=O)C(C(=O)OC)C1=CC(=O)CC1. The van der Waals surface area contributed by atoms with Crippen molar-refractivity contribution in [3.8, 4) is 0 Å². The molecule has 0 amide bonds. The van der Waals surface area contributed by atoms with Crippen LogP contribution in [0.3, 0.4) is 0 Å². The van der Waals surface area contributed by atoms with Crippen LogP contribution in [-0.2, 0) is 23.9 Å². The van der Waals surface area contributed by atoms with E-state index < -0.39 is 17.9 Å². The van der Waals surface area contributed by atoms with Gasteiger partial charge in [0.25, 0.3) is 0 Å². The molecule has 0 aromatic rings. The molecule has 1 rings (SSSR count). The molecular formula is C11H14O5. The summed E-state index contributed by atoms with van der Waals surface area (Å²) in [5.41, 5.74) is 0.482. The van der Waals surface area contributed by atoms with Gasteiger partial charge in [0.05, 0.1) is 13.7 Å². The second-order valence-electron chi connectivity index (χ2n) is 3.39. The highest BCUT2D eigenvalue weighted by Gasteiger charge is 2.35. The fourth-order valence-electron chi connectivity index (χ4n) is 1.59. The summed E-state index contributed by atoms with van der Waals surface area (Å²) in [7, 11) is 1.20. The molecule has 0 fully saturated rings. The number of allylic oxidation sites excluding steroid dienone is 1. The van der Waals surface area contributed by atoms with Gasteiger partial charge in [-0.05, 0) is 25.0 Å². The molecule has 0 N–H and O–H groups in total. The maximum atomic E-state index is 11.6. The van der Waals surface area contributed by atoms with Crippen molar-refractivity contribution in [2.24, 2.45) is 5.92 Å². The van der Waals surface area contributed by atoms with Gasteiger partial charge in [-0.3, -0.25) is 14.4 Å². The van der Waals surface area contributed by atoms with Crippen molar-refractivity contribution in [3.63, 3.8) is 0 Å². The van der Waals surface area contributed by atoms with Crippen LogP contribution in [0.1, 0.15) is 19.8 Å². The van der Waals surface area contributed by atoms with Crippen molar-refractivity contribution in [2.45, 2.75) is 19.8 Å². The highest BCUT2D eigenvalue weighted by atomic mass is 16.5. The third-order valence-corrected chi connectivity index (χ3v) is 2.34. The fraction of sp³-hybridized carbons (Fsp3) is 0.545. The highest BCUT2D eigenvalue weighted by molar-refractivity contribution is 6.02. The van der Waals surface area contributed by atoms with Crippen molar-refractivity contribution in [3.05, 3.63) is 11.6 Å². The number of hydrogen-bond acceptors (Lipinski definition) is 5. The Hall–Kier alpha value is -1.65. The van der Waals surface area contributed by atoms with Crippen molar-refractivity contribution >= 4 is 17.7 Å². The van der Waals surface area contributed by atoms with Crippen LogP contribution in [-0.4, -0.2) is 31.4 Å². The van der Waals surface area contributed by atoms with Gasteiger partial charge < -0.3 is 9.47 Å². The number of methoxy groups -OCH3 is 1. The van der Waals surface area contributed by atoms with E-state index in [-0.39, 0.29) is 12.4 Å². The predicted molar refractivity (Wildman–Crippen MR) is 54.5 cm³/mol. The predicted octanol–water partition coefficient (Wildman–Crippen LogP) is 0.628. The molecule has 0 aliphatic heterocycles. The maximum absolute atomic E-state index is 11.6. The van der Waals surface area contributed by atoms with Crippen LogP contribution in [0.15, 0.2) is 11.6 Å². The van der Waals surface area contributed by atoms with Crippen LogP contribution in [0.2, 0.25) is 0 Å². The Balaban J connectivity index is 2.87. The Bertz CT molecular complexity index is 342. The van der Waals surface area contributed by atoms with Crippen molar-refractivity contribution in [1.82, 2.24) is 0 Å². The molecule has 0 aromatic carbocycles. The topological polar surface area (TPSA) is 69.7 Å². The molecule has 1 unspecified atom stereocenters. The zero-order chi connectivity index (χ0) is 12.1. The van der Waals surface area contributed by atoms with Crippen LogP contribution in [0, 0.1) is 5.92 Å². The molecular weight excluding hydrogens is 212 g/mol. The van der Waals surface area contributed by atoms with Crippen LogP contribution in [0.25, 0.3) is 0 Å². The number of rotatable bonds is 4. The summed E-state index contributed by atoms with van der Waals surface area (Å²) in [5, 5.41) is 0. The molecule has 1 atom stereocenters. The largest absolute Gasteiger partial charge is 0.468 e. The van der Waals surface area contributed by atoms with Gasteiger partial charge in [0.1, 0.15) is 0 Å². The summed E-state index contributed by atoms with van der Waals surface area (Å²) in [6.07, 6.45) is 2.08. The highest BCUT2D eigenvalue weighted by Crippen LogP contribution is 2.25. The van der Waals surface area contributed by atoms with E-state index in [1.54, 1.807) is 6.92 Å². The minimum atomic E-state index is -1.09. The zero-order valence-electron chi connectivity index (χ0n) is 9.32. The first-order valence-electron chi connectivity index (χ1n) is 5.08. The zero-order valence-corrected chi connectivity index (χ0v) is 9.32. The minimum absolute atomic E-state index is 0.0757. The van der Waals surface area contributed by atoms with E-state index in [0.717, 1.165) is 0 Å². The Labute approximate surface area is 93.4 Å². The Morgan fingerprint density at radius 2 is 2.06 bits per heavy atom.